The number of hydrogen-bond acceptors (Lipinski definition) is 2. The van der Waals surface area contributed by atoms with Gasteiger partial charge < -0.3 is 10.0 Å². The van der Waals surface area contributed by atoms with Gasteiger partial charge in [0.05, 0.1) is 0 Å². The van der Waals surface area contributed by atoms with Crippen molar-refractivity contribution in [3.63, 3.8) is 0 Å². The summed E-state index contributed by atoms with van der Waals surface area (Å²) >= 11 is 5.88. The molecule has 1 aromatic rings. The molecule has 0 fully saturated rings. The fraction of sp³-hybridized carbons (Fsp3) is 0.308. The van der Waals surface area contributed by atoms with Crippen LogP contribution in [0.1, 0.15) is 13.3 Å². The van der Waals surface area contributed by atoms with Crippen molar-refractivity contribution in [3.8, 4) is 11.8 Å². The highest BCUT2D eigenvalue weighted by Crippen LogP contribution is 2.19. The van der Waals surface area contributed by atoms with Crippen LogP contribution in [0.4, 0.5) is 5.69 Å². The number of carboxylic acid groups (broad SMARTS) is 1. The summed E-state index contributed by atoms with van der Waals surface area (Å²) in [6.45, 7) is 2.29. The number of carbonyl (C=O) groups is 1. The lowest BCUT2D eigenvalue weighted by atomic mass is 10.2. The molecule has 0 atom stereocenters. The van der Waals surface area contributed by atoms with E-state index in [2.05, 4.69) is 11.8 Å². The van der Waals surface area contributed by atoms with Crippen molar-refractivity contribution in [1.29, 1.82) is 0 Å². The van der Waals surface area contributed by atoms with Crippen LogP contribution in [-0.4, -0.2) is 24.2 Å². The lowest BCUT2D eigenvalue weighted by Gasteiger charge is -2.21. The Morgan fingerprint density at radius 3 is 2.88 bits per heavy atom. The maximum Gasteiger partial charge on any atom is 0.323 e. The highest BCUT2D eigenvalue weighted by Gasteiger charge is 2.10. The van der Waals surface area contributed by atoms with Gasteiger partial charge in [0.2, 0.25) is 0 Å². The first-order valence-electron chi connectivity index (χ1n) is 5.25. The summed E-state index contributed by atoms with van der Waals surface area (Å²) in [6, 6.07) is 7.16. The van der Waals surface area contributed by atoms with E-state index < -0.39 is 5.97 Å². The predicted molar refractivity (Wildman–Crippen MR) is 69.4 cm³/mol. The molecule has 1 aromatic carbocycles. The van der Waals surface area contributed by atoms with Crippen LogP contribution in [0.2, 0.25) is 5.02 Å². The Bertz CT molecular complexity index is 448. The van der Waals surface area contributed by atoms with E-state index in [-0.39, 0.29) is 6.54 Å². The number of nitrogens with zero attached hydrogens (tertiary/aromatic N) is 1. The Labute approximate surface area is 106 Å². The molecule has 0 saturated heterocycles. The van der Waals surface area contributed by atoms with Gasteiger partial charge >= 0.3 is 5.97 Å². The molecule has 0 aliphatic heterocycles. The second-order valence-corrected chi connectivity index (χ2v) is 3.91. The Morgan fingerprint density at radius 1 is 1.53 bits per heavy atom. The van der Waals surface area contributed by atoms with Gasteiger partial charge in [-0.2, -0.15) is 0 Å². The zero-order chi connectivity index (χ0) is 12.7. The van der Waals surface area contributed by atoms with Gasteiger partial charge in [0.25, 0.3) is 0 Å². The average Bonchev–Trinajstić information content (AvgIpc) is 2.27. The minimum absolute atomic E-state index is 0.0499. The summed E-state index contributed by atoms with van der Waals surface area (Å²) in [5, 5.41) is 9.46. The molecule has 1 rings (SSSR count). The Kier molecular flexibility index (Phi) is 5.38. The smallest absolute Gasteiger partial charge is 0.323 e. The van der Waals surface area contributed by atoms with E-state index in [1.54, 1.807) is 30.0 Å². The molecule has 0 saturated carbocycles. The largest absolute Gasteiger partial charge is 0.480 e. The molecule has 0 unspecified atom stereocenters. The molecule has 4 heteroatoms. The van der Waals surface area contributed by atoms with Crippen molar-refractivity contribution in [3.05, 3.63) is 29.3 Å². The molecular weight excluding hydrogens is 238 g/mol. The van der Waals surface area contributed by atoms with Gasteiger partial charge in [-0.1, -0.05) is 17.7 Å². The molecule has 0 amide bonds. The molecule has 0 spiro atoms. The monoisotopic (exact) mass is 251 g/mol. The van der Waals surface area contributed by atoms with Crippen LogP contribution in [0.5, 0.6) is 0 Å². The molecule has 3 nitrogen and oxygen atoms in total. The van der Waals surface area contributed by atoms with Gasteiger partial charge in [0.15, 0.2) is 0 Å². The summed E-state index contributed by atoms with van der Waals surface area (Å²) in [5.74, 6) is 4.84. The van der Waals surface area contributed by atoms with Crippen molar-refractivity contribution in [2.75, 3.05) is 18.0 Å². The fourth-order valence-corrected chi connectivity index (χ4v) is 1.64. The highest BCUT2D eigenvalue weighted by atomic mass is 35.5. The van der Waals surface area contributed by atoms with Crippen LogP contribution in [0, 0.1) is 11.8 Å². The van der Waals surface area contributed by atoms with Crippen molar-refractivity contribution in [2.45, 2.75) is 13.3 Å². The van der Waals surface area contributed by atoms with Gasteiger partial charge in [-0.25, -0.2) is 0 Å². The minimum Gasteiger partial charge on any atom is -0.480 e. The third-order valence-electron chi connectivity index (χ3n) is 2.18. The van der Waals surface area contributed by atoms with Gasteiger partial charge in [-0.3, -0.25) is 4.79 Å². The van der Waals surface area contributed by atoms with Crippen LogP contribution in [0.25, 0.3) is 0 Å². The number of carboxylic acids is 1. The molecule has 0 bridgehead atoms. The third-order valence-corrected chi connectivity index (χ3v) is 2.42. The zero-order valence-corrected chi connectivity index (χ0v) is 10.4. The van der Waals surface area contributed by atoms with E-state index in [1.807, 2.05) is 6.07 Å². The molecule has 0 heterocycles. The number of aliphatic carboxylic acids is 1. The van der Waals surface area contributed by atoms with E-state index >= 15 is 0 Å². The van der Waals surface area contributed by atoms with E-state index in [1.165, 1.54) is 0 Å². The van der Waals surface area contributed by atoms with E-state index in [4.69, 9.17) is 16.7 Å². The Hall–Kier alpha value is -1.66. The third kappa shape index (κ3) is 4.80. The topological polar surface area (TPSA) is 40.5 Å². The Balaban J connectivity index is 2.80. The molecule has 1 N–H and O–H groups in total. The minimum atomic E-state index is -0.866. The van der Waals surface area contributed by atoms with Crippen LogP contribution in [-0.2, 0) is 4.79 Å². The highest BCUT2D eigenvalue weighted by molar-refractivity contribution is 6.30. The predicted octanol–water partition coefficient (Wildman–Crippen LogP) is 2.64. The SMILES string of the molecule is CC#CCCN(CC(=O)O)c1cccc(Cl)c1. The van der Waals surface area contributed by atoms with Crippen LogP contribution >= 0.6 is 11.6 Å². The number of rotatable bonds is 5. The van der Waals surface area contributed by atoms with E-state index in [9.17, 15) is 4.79 Å². The first kappa shape index (κ1) is 13.4. The van der Waals surface area contributed by atoms with E-state index in [0.29, 0.717) is 18.0 Å². The average molecular weight is 252 g/mol. The lowest BCUT2D eigenvalue weighted by molar-refractivity contribution is -0.135. The summed E-state index contributed by atoms with van der Waals surface area (Å²) < 4.78 is 0. The number of hydrogen-bond donors (Lipinski definition) is 1. The summed E-state index contributed by atoms with van der Waals surface area (Å²) in [6.07, 6.45) is 0.635. The van der Waals surface area contributed by atoms with E-state index in [0.717, 1.165) is 5.69 Å². The number of benzene rings is 1. The van der Waals surface area contributed by atoms with Gasteiger partial charge in [-0.15, -0.1) is 11.8 Å². The second-order valence-electron chi connectivity index (χ2n) is 3.47. The van der Waals surface area contributed by atoms with Gasteiger partial charge in [0.1, 0.15) is 6.54 Å². The van der Waals surface area contributed by atoms with Gasteiger partial charge in [0, 0.05) is 23.7 Å². The first-order valence-corrected chi connectivity index (χ1v) is 5.63. The quantitative estimate of drug-likeness (QED) is 0.818. The maximum atomic E-state index is 10.8. The maximum absolute atomic E-state index is 10.8. The van der Waals surface area contributed by atoms with Crippen LogP contribution in [0.15, 0.2) is 24.3 Å². The molecule has 0 aliphatic carbocycles. The standard InChI is InChI=1S/C13H14ClNO2/c1-2-3-4-8-15(10-13(16)17)12-7-5-6-11(14)9-12/h5-7,9H,4,8,10H2,1H3,(H,16,17). The van der Waals surface area contributed by atoms with Gasteiger partial charge in [-0.05, 0) is 25.1 Å². The number of halogens is 1. The van der Waals surface area contributed by atoms with Crippen LogP contribution < -0.4 is 4.90 Å². The van der Waals surface area contributed by atoms with Crippen molar-refractivity contribution < 1.29 is 9.90 Å². The van der Waals surface area contributed by atoms with Crippen molar-refractivity contribution in [2.24, 2.45) is 0 Å². The van der Waals surface area contributed by atoms with Crippen molar-refractivity contribution in [1.82, 2.24) is 0 Å². The Morgan fingerprint density at radius 2 is 2.29 bits per heavy atom. The number of anilines is 1. The normalized spacial score (nSPS) is 9.29. The second kappa shape index (κ2) is 6.82. The summed E-state index contributed by atoms with van der Waals surface area (Å²) in [7, 11) is 0. The molecular formula is C13H14ClNO2. The fourth-order valence-electron chi connectivity index (χ4n) is 1.45. The molecule has 0 aliphatic rings. The lowest BCUT2D eigenvalue weighted by Crippen LogP contribution is -2.30. The molecule has 0 radical (unpaired) electrons. The van der Waals surface area contributed by atoms with Crippen molar-refractivity contribution >= 4 is 23.3 Å². The molecule has 17 heavy (non-hydrogen) atoms. The first-order chi connectivity index (χ1) is 8.13. The summed E-state index contributed by atoms with van der Waals surface area (Å²) in [5.41, 5.74) is 0.804. The zero-order valence-electron chi connectivity index (χ0n) is 9.61. The summed E-state index contributed by atoms with van der Waals surface area (Å²) in [4.78, 5) is 12.5. The van der Waals surface area contributed by atoms with Crippen LogP contribution in [0.3, 0.4) is 0 Å². The molecule has 0 aromatic heterocycles. The molecule has 90 valence electrons.